The van der Waals surface area contributed by atoms with Crippen LogP contribution in [0.4, 0.5) is 0 Å². The number of hydrogen-bond donors (Lipinski definition) is 5. The van der Waals surface area contributed by atoms with Gasteiger partial charge in [0.1, 0.15) is 17.2 Å². The van der Waals surface area contributed by atoms with E-state index in [1.807, 2.05) is 100 Å². The first kappa shape index (κ1) is 66.1. The molecule has 0 bridgehead atoms. The van der Waals surface area contributed by atoms with Crippen LogP contribution in [0, 0.1) is 48.9 Å². The van der Waals surface area contributed by atoms with E-state index in [1.165, 1.54) is 0 Å². The van der Waals surface area contributed by atoms with Crippen LogP contribution in [0.2, 0.25) is 0 Å². The Balaban J connectivity index is 0.000000930. The Morgan fingerprint density at radius 1 is 0.565 bits per heavy atom. The number of carboxylic acid groups (broad SMARTS) is 1. The number of phenols is 1. The Morgan fingerprint density at radius 2 is 0.899 bits per heavy atom. The van der Waals surface area contributed by atoms with Crippen molar-refractivity contribution < 1.29 is 58.9 Å². The molecule has 69 heavy (non-hydrogen) atoms. The van der Waals surface area contributed by atoms with Gasteiger partial charge in [-0.2, -0.15) is 0 Å². The Labute approximate surface area is 442 Å². The van der Waals surface area contributed by atoms with Crippen molar-refractivity contribution in [3.8, 4) is 17.2 Å². The zero-order chi connectivity index (χ0) is 53.3. The number of carbonyl (C=O) groups is 3. The molecule has 0 aliphatic heterocycles. The van der Waals surface area contributed by atoms with Crippen LogP contribution < -0.4 is 9.47 Å². The van der Waals surface area contributed by atoms with Gasteiger partial charge >= 0.3 is 17.9 Å². The van der Waals surface area contributed by atoms with E-state index in [4.69, 9.17) is 40.8 Å². The molecule has 0 unspecified atom stereocenters. The fourth-order valence-electron chi connectivity index (χ4n) is 5.83. The fourth-order valence-corrected chi connectivity index (χ4v) is 7.14. The van der Waals surface area contributed by atoms with E-state index in [0.29, 0.717) is 80.5 Å². The summed E-state index contributed by atoms with van der Waals surface area (Å²) in [7, 11) is 0. The molecular formula is C53H80Br3ClO12. The average Bonchev–Trinajstić information content (AvgIpc) is 3.27. The van der Waals surface area contributed by atoms with E-state index in [2.05, 4.69) is 47.8 Å². The Hall–Kier alpha value is -2.92. The van der Waals surface area contributed by atoms with Crippen LogP contribution in [-0.4, -0.2) is 75.7 Å². The molecule has 3 aromatic rings. The lowest BCUT2D eigenvalue weighted by Crippen LogP contribution is -2.28. The number of benzene rings is 3. The second-order valence-corrected chi connectivity index (χ2v) is 22.7. The van der Waals surface area contributed by atoms with Crippen LogP contribution >= 0.6 is 59.4 Å². The Bertz CT molecular complexity index is 2040. The first-order valence-corrected chi connectivity index (χ1v) is 26.2. The summed E-state index contributed by atoms with van der Waals surface area (Å²) in [5.74, 6) is 1.75. The van der Waals surface area contributed by atoms with Crippen molar-refractivity contribution in [1.29, 1.82) is 0 Å². The first-order valence-electron chi connectivity index (χ1n) is 23.3. The summed E-state index contributed by atoms with van der Waals surface area (Å²) >= 11 is 15.8. The van der Waals surface area contributed by atoms with Gasteiger partial charge in [-0.25, -0.2) is 0 Å². The molecule has 0 radical (unpaired) electrons. The Morgan fingerprint density at radius 3 is 1.23 bits per heavy atom. The Kier molecular flexibility index (Phi) is 31.5. The van der Waals surface area contributed by atoms with Gasteiger partial charge in [-0.05, 0) is 166 Å². The van der Waals surface area contributed by atoms with Crippen molar-refractivity contribution in [2.45, 2.75) is 148 Å². The number of aromatic hydroxyl groups is 1. The van der Waals surface area contributed by atoms with Crippen molar-refractivity contribution in [3.05, 3.63) is 83.2 Å². The molecule has 0 amide bonds. The SMILES string of the molecule is CC(C)COC(=O)C(C)(C)CCCCl.Cc1cc(O)c(CO)cc1Br.Cc1cc(OCCCC(C)(C)C(=O)O)c(CO)cc1Br.Cc1cc(OCCCC(C)(C)C(=O)OCC(C)C)c(CO)cc1Br. The van der Waals surface area contributed by atoms with Gasteiger partial charge in [0.2, 0.25) is 0 Å². The minimum absolute atomic E-state index is 0.0682. The second kappa shape index (κ2) is 32.9. The molecule has 0 aromatic heterocycles. The summed E-state index contributed by atoms with van der Waals surface area (Å²) in [6.45, 7) is 26.5. The highest BCUT2D eigenvalue weighted by Crippen LogP contribution is 2.31. The predicted molar refractivity (Wildman–Crippen MR) is 286 cm³/mol. The molecule has 0 aliphatic rings. The third-order valence-corrected chi connectivity index (χ3v) is 13.5. The van der Waals surface area contributed by atoms with Gasteiger partial charge in [-0.1, -0.05) is 75.5 Å². The molecule has 392 valence electrons. The van der Waals surface area contributed by atoms with Crippen LogP contribution in [0.15, 0.2) is 49.8 Å². The number of esters is 2. The minimum atomic E-state index is -0.798. The van der Waals surface area contributed by atoms with Gasteiger partial charge in [0.05, 0.1) is 62.5 Å². The number of aliphatic hydroxyl groups excluding tert-OH is 3. The van der Waals surface area contributed by atoms with E-state index in [-0.39, 0.29) is 37.5 Å². The van der Waals surface area contributed by atoms with Crippen molar-refractivity contribution in [2.24, 2.45) is 28.1 Å². The maximum Gasteiger partial charge on any atom is 0.311 e. The average molecular weight is 1180 g/mol. The lowest BCUT2D eigenvalue weighted by molar-refractivity contribution is -0.156. The van der Waals surface area contributed by atoms with Gasteiger partial charge < -0.3 is 44.5 Å². The van der Waals surface area contributed by atoms with E-state index in [0.717, 1.165) is 60.5 Å². The summed E-state index contributed by atoms with van der Waals surface area (Å²) in [6, 6.07) is 10.8. The van der Waals surface area contributed by atoms with Crippen molar-refractivity contribution in [3.63, 3.8) is 0 Å². The van der Waals surface area contributed by atoms with Crippen LogP contribution in [0.3, 0.4) is 0 Å². The first-order chi connectivity index (χ1) is 32.0. The minimum Gasteiger partial charge on any atom is -0.508 e. The van der Waals surface area contributed by atoms with Crippen LogP contribution in [0.25, 0.3) is 0 Å². The smallest absolute Gasteiger partial charge is 0.311 e. The van der Waals surface area contributed by atoms with Crippen molar-refractivity contribution >= 4 is 77.3 Å². The molecule has 0 spiro atoms. The molecule has 0 fully saturated rings. The lowest BCUT2D eigenvalue weighted by atomic mass is 9.88. The molecule has 16 heteroatoms. The molecule has 0 saturated carbocycles. The summed E-state index contributed by atoms with van der Waals surface area (Å²) < 4.78 is 24.8. The molecule has 3 rings (SSSR count). The molecule has 0 aliphatic carbocycles. The zero-order valence-corrected chi connectivity index (χ0v) is 48.6. The maximum absolute atomic E-state index is 12.1. The zero-order valence-electron chi connectivity index (χ0n) is 43.1. The topological polar surface area (TPSA) is 189 Å². The third kappa shape index (κ3) is 25.9. The number of hydrogen-bond acceptors (Lipinski definition) is 11. The second-order valence-electron chi connectivity index (χ2n) is 19.8. The van der Waals surface area contributed by atoms with E-state index in [1.54, 1.807) is 26.0 Å². The fraction of sp³-hybridized carbons (Fsp3) is 0.604. The monoisotopic (exact) mass is 1180 g/mol. The quantitative estimate of drug-likeness (QED) is 0.0344. The number of ether oxygens (including phenoxy) is 4. The molecule has 0 heterocycles. The van der Waals surface area contributed by atoms with E-state index in [9.17, 15) is 29.7 Å². The van der Waals surface area contributed by atoms with Gasteiger partial charge in [-0.15, -0.1) is 11.6 Å². The van der Waals surface area contributed by atoms with Gasteiger partial charge in [0, 0.05) is 36.0 Å². The molecular weight excluding hydrogens is 1100 g/mol. The van der Waals surface area contributed by atoms with Crippen LogP contribution in [-0.2, 0) is 43.7 Å². The molecule has 0 saturated heterocycles. The predicted octanol–water partition coefficient (Wildman–Crippen LogP) is 13.3. The number of aliphatic hydroxyl groups is 3. The molecule has 5 N–H and O–H groups in total. The van der Waals surface area contributed by atoms with E-state index < -0.39 is 22.2 Å². The number of carboxylic acids is 1. The number of aliphatic carboxylic acids is 1. The standard InChI is InChI=1S/C19H29BrO4.C15H21BrO4.C11H21ClO2.C8H9BrO2/c1-13(2)12-24-18(22)19(4,5)7-6-8-23-17-9-14(3)16(20)10-15(17)11-21;1-10-7-13(11(9-17)8-12(10)16)20-6-4-5-15(2,3)14(18)19;1-9(2)8-14-10(13)11(3,4)6-5-7-12;1-5-2-8(11)6(4-10)3-7(5)9/h9-10,13,21H,6-8,11-12H2,1-5H3;7-8,17H,4-6,9H2,1-3H3,(H,18,19);9H,5-8H2,1-4H3;2-3,10-11H,4H2,1H3. The highest BCUT2D eigenvalue weighted by molar-refractivity contribution is 9.11. The largest absolute Gasteiger partial charge is 0.508 e. The van der Waals surface area contributed by atoms with Crippen molar-refractivity contribution in [2.75, 3.05) is 32.3 Å². The molecule has 12 nitrogen and oxygen atoms in total. The van der Waals surface area contributed by atoms with Gasteiger partial charge in [0.15, 0.2) is 0 Å². The van der Waals surface area contributed by atoms with Crippen LogP contribution in [0.1, 0.15) is 141 Å². The number of alkyl halides is 1. The number of aryl methyl sites for hydroxylation is 3. The van der Waals surface area contributed by atoms with Crippen LogP contribution in [0.5, 0.6) is 17.2 Å². The highest BCUT2D eigenvalue weighted by Gasteiger charge is 2.30. The molecule has 0 atom stereocenters. The third-order valence-electron chi connectivity index (χ3n) is 10.7. The number of halogens is 4. The number of carbonyl (C=O) groups excluding carboxylic acids is 2. The lowest BCUT2D eigenvalue weighted by Gasteiger charge is -2.23. The van der Waals surface area contributed by atoms with E-state index >= 15 is 0 Å². The summed E-state index contributed by atoms with van der Waals surface area (Å²) in [5.41, 5.74) is 3.41. The molecule has 3 aromatic carbocycles. The maximum atomic E-state index is 12.1. The number of rotatable bonds is 23. The summed E-state index contributed by atoms with van der Waals surface area (Å²) in [6.07, 6.45) is 4.27. The summed E-state index contributed by atoms with van der Waals surface area (Å²) in [4.78, 5) is 34.7. The van der Waals surface area contributed by atoms with Gasteiger partial charge in [0.25, 0.3) is 0 Å². The highest BCUT2D eigenvalue weighted by atomic mass is 79.9. The normalized spacial score (nSPS) is 11.4. The summed E-state index contributed by atoms with van der Waals surface area (Å²) in [5, 5.41) is 45.8. The van der Waals surface area contributed by atoms with Crippen molar-refractivity contribution in [1.82, 2.24) is 0 Å². The van der Waals surface area contributed by atoms with Gasteiger partial charge in [-0.3, -0.25) is 14.4 Å².